The highest BCUT2D eigenvalue weighted by Crippen LogP contribution is 2.05. The van der Waals surface area contributed by atoms with E-state index in [-0.39, 0.29) is 5.91 Å². The molecule has 0 saturated carbocycles. The molecule has 88 valence electrons. The van der Waals surface area contributed by atoms with Crippen LogP contribution >= 0.6 is 0 Å². The van der Waals surface area contributed by atoms with Gasteiger partial charge in [0.1, 0.15) is 6.26 Å². The second-order valence-corrected chi connectivity index (χ2v) is 3.84. The Labute approximate surface area is 99.9 Å². The van der Waals surface area contributed by atoms with E-state index in [1.807, 2.05) is 12.1 Å². The molecule has 17 heavy (non-hydrogen) atoms. The lowest BCUT2D eigenvalue weighted by atomic mass is 10.2. The van der Waals surface area contributed by atoms with Gasteiger partial charge < -0.3 is 9.32 Å². The van der Waals surface area contributed by atoms with Crippen molar-refractivity contribution >= 4 is 5.91 Å². The van der Waals surface area contributed by atoms with Crippen LogP contribution in [0.15, 0.2) is 47.5 Å². The summed E-state index contributed by atoms with van der Waals surface area (Å²) in [6.45, 7) is 0.675. The minimum Gasteiger partial charge on any atom is -0.472 e. The van der Waals surface area contributed by atoms with Crippen molar-refractivity contribution in [3.63, 3.8) is 0 Å². The minimum absolute atomic E-state index is 0.0205. The summed E-state index contributed by atoms with van der Waals surface area (Å²) < 4.78 is 4.89. The van der Waals surface area contributed by atoms with Crippen molar-refractivity contribution < 1.29 is 9.21 Å². The molecular weight excluding hydrogens is 216 g/mol. The summed E-state index contributed by atoms with van der Waals surface area (Å²) in [4.78, 5) is 17.5. The third-order valence-electron chi connectivity index (χ3n) is 2.60. The Morgan fingerprint density at radius 1 is 1.35 bits per heavy atom. The number of carbonyl (C=O) groups excluding carboxylic acids is 1. The first kappa shape index (κ1) is 11.4. The number of hydrogen-bond acceptors (Lipinski definition) is 3. The zero-order chi connectivity index (χ0) is 12.1. The molecule has 0 N–H and O–H groups in total. The van der Waals surface area contributed by atoms with E-state index in [0.717, 1.165) is 6.42 Å². The Morgan fingerprint density at radius 2 is 2.12 bits per heavy atom. The van der Waals surface area contributed by atoms with Crippen LogP contribution in [0.3, 0.4) is 0 Å². The molecule has 0 aliphatic heterocycles. The largest absolute Gasteiger partial charge is 0.472 e. The molecule has 0 unspecified atom stereocenters. The molecule has 2 aromatic rings. The van der Waals surface area contributed by atoms with E-state index in [9.17, 15) is 4.79 Å². The Bertz CT molecular complexity index is 465. The third kappa shape index (κ3) is 2.93. The van der Waals surface area contributed by atoms with Gasteiger partial charge in [-0.25, -0.2) is 0 Å². The topological polar surface area (TPSA) is 46.3 Å². The second-order valence-electron chi connectivity index (χ2n) is 3.84. The molecule has 1 amide bonds. The summed E-state index contributed by atoms with van der Waals surface area (Å²) in [5.74, 6) is -0.0205. The van der Waals surface area contributed by atoms with Gasteiger partial charge in [0.2, 0.25) is 0 Å². The average Bonchev–Trinajstić information content (AvgIpc) is 2.90. The smallest absolute Gasteiger partial charge is 0.256 e. The standard InChI is InChI=1S/C13H14N2O2/c1-15(13(16)12-5-9-17-10-12)8-4-11-2-6-14-7-3-11/h2-3,5-7,9-10H,4,8H2,1H3. The van der Waals surface area contributed by atoms with Gasteiger partial charge in [-0.15, -0.1) is 0 Å². The van der Waals surface area contributed by atoms with Gasteiger partial charge in [-0.05, 0) is 30.2 Å². The molecule has 2 aromatic heterocycles. The average molecular weight is 230 g/mol. The van der Waals surface area contributed by atoms with Gasteiger partial charge in [0.05, 0.1) is 11.8 Å². The van der Waals surface area contributed by atoms with Gasteiger partial charge in [0, 0.05) is 26.0 Å². The summed E-state index contributed by atoms with van der Waals surface area (Å²) >= 11 is 0. The van der Waals surface area contributed by atoms with Gasteiger partial charge in [-0.3, -0.25) is 9.78 Å². The Hall–Kier alpha value is -2.10. The van der Waals surface area contributed by atoms with Crippen LogP contribution in [0, 0.1) is 0 Å². The summed E-state index contributed by atoms with van der Waals surface area (Å²) in [5, 5.41) is 0. The number of nitrogens with zero attached hydrogens (tertiary/aromatic N) is 2. The molecule has 2 rings (SSSR count). The van der Waals surface area contributed by atoms with Crippen molar-refractivity contribution in [2.45, 2.75) is 6.42 Å². The molecule has 0 aromatic carbocycles. The third-order valence-corrected chi connectivity index (χ3v) is 2.60. The monoisotopic (exact) mass is 230 g/mol. The molecular formula is C13H14N2O2. The van der Waals surface area contributed by atoms with E-state index >= 15 is 0 Å². The van der Waals surface area contributed by atoms with Crippen molar-refractivity contribution in [3.05, 3.63) is 54.2 Å². The van der Waals surface area contributed by atoms with Crippen LogP contribution in [0.4, 0.5) is 0 Å². The van der Waals surface area contributed by atoms with Gasteiger partial charge in [-0.2, -0.15) is 0 Å². The van der Waals surface area contributed by atoms with Crippen molar-refractivity contribution in [2.75, 3.05) is 13.6 Å². The van der Waals surface area contributed by atoms with Crippen molar-refractivity contribution in [2.24, 2.45) is 0 Å². The maximum atomic E-state index is 11.9. The van der Waals surface area contributed by atoms with Crippen LogP contribution in [-0.2, 0) is 6.42 Å². The van der Waals surface area contributed by atoms with Crippen LogP contribution in [0.1, 0.15) is 15.9 Å². The quantitative estimate of drug-likeness (QED) is 0.807. The molecule has 4 nitrogen and oxygen atoms in total. The molecule has 0 aliphatic carbocycles. The summed E-state index contributed by atoms with van der Waals surface area (Å²) in [7, 11) is 1.79. The summed E-state index contributed by atoms with van der Waals surface area (Å²) in [5.41, 5.74) is 1.76. The minimum atomic E-state index is -0.0205. The Balaban J connectivity index is 1.90. The van der Waals surface area contributed by atoms with E-state index in [1.54, 1.807) is 30.4 Å². The van der Waals surface area contributed by atoms with E-state index in [2.05, 4.69) is 4.98 Å². The molecule has 0 fully saturated rings. The van der Waals surface area contributed by atoms with Gasteiger partial charge in [-0.1, -0.05) is 0 Å². The fourth-order valence-electron chi connectivity index (χ4n) is 1.55. The van der Waals surface area contributed by atoms with Crippen LogP contribution in [0.5, 0.6) is 0 Å². The fraction of sp³-hybridized carbons (Fsp3) is 0.231. The number of rotatable bonds is 4. The maximum Gasteiger partial charge on any atom is 0.256 e. The number of furan rings is 1. The first-order valence-corrected chi connectivity index (χ1v) is 5.44. The predicted molar refractivity (Wildman–Crippen MR) is 63.6 cm³/mol. The first-order chi connectivity index (χ1) is 8.27. The van der Waals surface area contributed by atoms with E-state index in [4.69, 9.17) is 4.42 Å². The molecule has 0 spiro atoms. The number of hydrogen-bond donors (Lipinski definition) is 0. The summed E-state index contributed by atoms with van der Waals surface area (Å²) in [6.07, 6.45) is 7.30. The van der Waals surface area contributed by atoms with Crippen LogP contribution in [-0.4, -0.2) is 29.4 Å². The van der Waals surface area contributed by atoms with E-state index in [1.165, 1.54) is 18.1 Å². The van der Waals surface area contributed by atoms with Gasteiger partial charge in [0.15, 0.2) is 0 Å². The van der Waals surface area contributed by atoms with E-state index in [0.29, 0.717) is 12.1 Å². The lowest BCUT2D eigenvalue weighted by Gasteiger charge is -2.15. The lowest BCUT2D eigenvalue weighted by molar-refractivity contribution is 0.0796. The SMILES string of the molecule is CN(CCc1ccncc1)C(=O)c1ccoc1. The Kier molecular flexibility index (Phi) is 3.55. The molecule has 0 aliphatic rings. The number of amides is 1. The highest BCUT2D eigenvalue weighted by molar-refractivity contribution is 5.93. The van der Waals surface area contributed by atoms with Crippen molar-refractivity contribution in [3.8, 4) is 0 Å². The van der Waals surface area contributed by atoms with Crippen LogP contribution in [0.25, 0.3) is 0 Å². The highest BCUT2D eigenvalue weighted by Gasteiger charge is 2.12. The molecule has 0 bridgehead atoms. The molecule has 0 radical (unpaired) electrons. The fourth-order valence-corrected chi connectivity index (χ4v) is 1.55. The van der Waals surface area contributed by atoms with Crippen molar-refractivity contribution in [1.29, 1.82) is 0 Å². The number of pyridine rings is 1. The molecule has 0 saturated heterocycles. The predicted octanol–water partition coefficient (Wildman–Crippen LogP) is 1.99. The number of carbonyl (C=O) groups is 1. The zero-order valence-electron chi connectivity index (χ0n) is 9.67. The Morgan fingerprint density at radius 3 is 2.76 bits per heavy atom. The van der Waals surface area contributed by atoms with Crippen molar-refractivity contribution in [1.82, 2.24) is 9.88 Å². The molecule has 4 heteroatoms. The molecule has 0 atom stereocenters. The lowest BCUT2D eigenvalue weighted by Crippen LogP contribution is -2.28. The number of likely N-dealkylation sites (N-methyl/N-ethyl adjacent to an activating group) is 1. The maximum absolute atomic E-state index is 11.9. The first-order valence-electron chi connectivity index (χ1n) is 5.44. The van der Waals surface area contributed by atoms with Crippen LogP contribution in [0.2, 0.25) is 0 Å². The second kappa shape index (κ2) is 5.30. The normalized spacial score (nSPS) is 10.2. The highest BCUT2D eigenvalue weighted by atomic mass is 16.3. The van der Waals surface area contributed by atoms with E-state index < -0.39 is 0 Å². The number of aromatic nitrogens is 1. The van der Waals surface area contributed by atoms with Gasteiger partial charge in [0.25, 0.3) is 5.91 Å². The zero-order valence-corrected chi connectivity index (χ0v) is 9.67. The molecule has 2 heterocycles. The van der Waals surface area contributed by atoms with Gasteiger partial charge >= 0.3 is 0 Å². The van der Waals surface area contributed by atoms with Crippen LogP contribution < -0.4 is 0 Å². The summed E-state index contributed by atoms with van der Waals surface area (Å²) in [6, 6.07) is 5.58.